The van der Waals surface area contributed by atoms with Crippen LogP contribution in [0.3, 0.4) is 0 Å². The van der Waals surface area contributed by atoms with Crippen LogP contribution in [-0.2, 0) is 20.3 Å². The molecule has 41 heavy (non-hydrogen) atoms. The van der Waals surface area contributed by atoms with Crippen LogP contribution in [-0.4, -0.2) is 73.5 Å². The molecule has 0 saturated carbocycles. The summed E-state index contributed by atoms with van der Waals surface area (Å²) < 4.78 is 12.2. The highest BCUT2D eigenvalue weighted by atomic mass is 32.1. The van der Waals surface area contributed by atoms with Crippen molar-refractivity contribution in [3.8, 4) is 0 Å². The molecule has 0 aliphatic carbocycles. The zero-order valence-corrected chi connectivity index (χ0v) is 24.2. The van der Waals surface area contributed by atoms with E-state index < -0.39 is 19.7 Å². The first-order valence-corrected chi connectivity index (χ1v) is 16.7. The van der Waals surface area contributed by atoms with Crippen molar-refractivity contribution < 1.29 is 28.7 Å². The number of pyridine rings is 1. The van der Waals surface area contributed by atoms with Gasteiger partial charge in [-0.15, -0.1) is 11.3 Å². The molecule has 216 valence electrons. The van der Waals surface area contributed by atoms with Crippen molar-refractivity contribution >= 4 is 46.7 Å². The molecule has 0 radical (unpaired) electrons. The monoisotopic (exact) mass is 596 g/mol. The highest BCUT2D eigenvalue weighted by Crippen LogP contribution is 2.40. The Kier molecular flexibility index (Phi) is 7.72. The zero-order chi connectivity index (χ0) is 28.7. The van der Waals surface area contributed by atoms with E-state index in [0.29, 0.717) is 36.4 Å². The standard InChI is InChI=1S/C29H33N4O6PS/c34-27(26-14-21-13-18(17-40(37,38)39)6-9-25(21)41-26)31-23-5-1-4-22-7-8-24(33(22)28(23)35)29(36)32-12-10-20(16-32)19-3-2-11-30-15-19/h2-3,6,9,11,13-15,20,22-24H,1,4-5,7-8,10,12,16-17H2,(H,31,34)(H2,37,38,39)/t20?,22-,23-,24-/m0/s1. The SMILES string of the molecule is O=C(N[C@H]1CCC[C@H]2CC[C@@H](C(=O)N3CCC(c4cccnc4)C3)N2C1=O)c1cc2cc(CP(=O)(O)O)ccc2s1. The van der Waals surface area contributed by atoms with Gasteiger partial charge in [0.25, 0.3) is 5.91 Å². The van der Waals surface area contributed by atoms with Gasteiger partial charge in [-0.05, 0) is 79.3 Å². The van der Waals surface area contributed by atoms with E-state index in [1.165, 1.54) is 11.3 Å². The van der Waals surface area contributed by atoms with Gasteiger partial charge in [0.15, 0.2) is 0 Å². The van der Waals surface area contributed by atoms with Gasteiger partial charge in [-0.1, -0.05) is 12.1 Å². The van der Waals surface area contributed by atoms with E-state index in [2.05, 4.69) is 10.3 Å². The maximum absolute atomic E-state index is 13.8. The number of hydrogen-bond donors (Lipinski definition) is 3. The minimum absolute atomic E-state index is 0.00478. The Labute approximate surface area is 241 Å². The Morgan fingerprint density at radius 1 is 1.10 bits per heavy atom. The number of fused-ring (bicyclic) bond motifs is 2. The van der Waals surface area contributed by atoms with Gasteiger partial charge in [0.2, 0.25) is 11.8 Å². The van der Waals surface area contributed by atoms with Crippen LogP contribution in [0.25, 0.3) is 10.1 Å². The van der Waals surface area contributed by atoms with Gasteiger partial charge in [0.1, 0.15) is 12.1 Å². The zero-order valence-electron chi connectivity index (χ0n) is 22.5. The molecule has 3 saturated heterocycles. The molecule has 3 aromatic rings. The van der Waals surface area contributed by atoms with Gasteiger partial charge in [-0.25, -0.2) is 0 Å². The molecule has 0 bridgehead atoms. The molecule has 3 aliphatic heterocycles. The number of likely N-dealkylation sites (tertiary alicyclic amines) is 1. The maximum atomic E-state index is 13.8. The number of thiophene rings is 1. The quantitative estimate of drug-likeness (QED) is 0.369. The normalized spacial score (nSPS) is 24.9. The molecular formula is C29H33N4O6PS. The van der Waals surface area contributed by atoms with Crippen molar-refractivity contribution in [1.82, 2.24) is 20.1 Å². The van der Waals surface area contributed by atoms with Gasteiger partial charge in [-0.3, -0.25) is 23.9 Å². The lowest BCUT2D eigenvalue weighted by Gasteiger charge is -2.32. The van der Waals surface area contributed by atoms with E-state index in [1.807, 2.05) is 23.2 Å². The van der Waals surface area contributed by atoms with Crippen LogP contribution in [0.2, 0.25) is 0 Å². The van der Waals surface area contributed by atoms with Gasteiger partial charge in [0.05, 0.1) is 11.0 Å². The van der Waals surface area contributed by atoms with E-state index in [4.69, 9.17) is 0 Å². The molecule has 2 aromatic heterocycles. The molecule has 3 aliphatic rings. The molecule has 1 aromatic carbocycles. The minimum Gasteiger partial charge on any atom is -0.340 e. The summed E-state index contributed by atoms with van der Waals surface area (Å²) in [6, 6.07) is 9.52. The third-order valence-corrected chi connectivity index (χ3v) is 10.4. The Hall–Kier alpha value is -3.11. The van der Waals surface area contributed by atoms with Gasteiger partial charge >= 0.3 is 7.60 Å². The smallest absolute Gasteiger partial charge is 0.329 e. The Morgan fingerprint density at radius 3 is 2.73 bits per heavy atom. The first kappa shape index (κ1) is 28.0. The number of amides is 3. The molecule has 3 fully saturated rings. The number of aromatic nitrogens is 1. The van der Waals surface area contributed by atoms with Gasteiger partial charge in [-0.2, -0.15) is 0 Å². The van der Waals surface area contributed by atoms with Crippen LogP contribution < -0.4 is 5.32 Å². The van der Waals surface area contributed by atoms with Crippen LogP contribution in [0.5, 0.6) is 0 Å². The highest BCUT2D eigenvalue weighted by Gasteiger charge is 2.46. The van der Waals surface area contributed by atoms with Crippen LogP contribution in [0.1, 0.15) is 65.2 Å². The van der Waals surface area contributed by atoms with E-state index in [-0.39, 0.29) is 35.8 Å². The summed E-state index contributed by atoms with van der Waals surface area (Å²) in [5.74, 6) is -0.314. The largest absolute Gasteiger partial charge is 0.340 e. The lowest BCUT2D eigenvalue weighted by molar-refractivity contribution is -0.145. The van der Waals surface area contributed by atoms with Crippen LogP contribution in [0, 0.1) is 0 Å². The molecule has 5 heterocycles. The van der Waals surface area contributed by atoms with E-state index in [9.17, 15) is 28.7 Å². The van der Waals surface area contributed by atoms with Crippen molar-refractivity contribution in [3.63, 3.8) is 0 Å². The lowest BCUT2D eigenvalue weighted by Crippen LogP contribution is -2.54. The molecule has 4 atom stereocenters. The summed E-state index contributed by atoms with van der Waals surface area (Å²) in [5.41, 5.74) is 1.62. The van der Waals surface area contributed by atoms with Gasteiger partial charge < -0.3 is 24.9 Å². The highest BCUT2D eigenvalue weighted by molar-refractivity contribution is 7.50. The lowest BCUT2D eigenvalue weighted by atomic mass is 10.0. The first-order chi connectivity index (χ1) is 19.7. The van der Waals surface area contributed by atoms with Gasteiger partial charge in [0, 0.05) is 42.1 Å². The number of benzene rings is 1. The predicted molar refractivity (Wildman–Crippen MR) is 155 cm³/mol. The molecule has 3 amide bonds. The van der Waals surface area contributed by atoms with Crippen molar-refractivity contribution in [2.45, 2.75) is 68.7 Å². The summed E-state index contributed by atoms with van der Waals surface area (Å²) in [6.45, 7) is 1.28. The summed E-state index contributed by atoms with van der Waals surface area (Å²) in [5, 5.41) is 3.65. The number of nitrogens with zero attached hydrogens (tertiary/aromatic N) is 3. The fourth-order valence-electron chi connectivity index (χ4n) is 6.57. The molecule has 1 unspecified atom stereocenters. The Bertz CT molecular complexity index is 1520. The second-order valence-electron chi connectivity index (χ2n) is 11.3. The average molecular weight is 597 g/mol. The minimum atomic E-state index is -4.21. The second-order valence-corrected chi connectivity index (χ2v) is 14.0. The average Bonchev–Trinajstić information content (AvgIpc) is 3.68. The van der Waals surface area contributed by atoms with E-state index in [0.717, 1.165) is 41.3 Å². The van der Waals surface area contributed by atoms with Crippen molar-refractivity contribution in [1.29, 1.82) is 0 Å². The molecule has 10 nitrogen and oxygen atoms in total. The van der Waals surface area contributed by atoms with E-state index in [1.54, 1.807) is 35.4 Å². The van der Waals surface area contributed by atoms with Crippen LogP contribution in [0.15, 0.2) is 48.8 Å². The topological polar surface area (TPSA) is 140 Å². The van der Waals surface area contributed by atoms with Crippen molar-refractivity contribution in [3.05, 3.63) is 64.8 Å². The number of nitrogens with one attached hydrogen (secondary N) is 1. The number of hydrogen-bond acceptors (Lipinski definition) is 6. The summed E-state index contributed by atoms with van der Waals surface area (Å²) >= 11 is 1.27. The Balaban J connectivity index is 1.14. The third-order valence-electron chi connectivity index (χ3n) is 8.52. The van der Waals surface area contributed by atoms with Crippen molar-refractivity contribution in [2.24, 2.45) is 0 Å². The number of rotatable bonds is 6. The maximum Gasteiger partial charge on any atom is 0.329 e. The summed E-state index contributed by atoms with van der Waals surface area (Å²) in [6.07, 6.45) is 7.64. The predicted octanol–water partition coefficient (Wildman–Crippen LogP) is 3.63. The summed E-state index contributed by atoms with van der Waals surface area (Å²) in [7, 11) is -4.21. The second kappa shape index (κ2) is 11.3. The number of carbonyl (C=O) groups is 3. The van der Waals surface area contributed by atoms with Crippen LogP contribution >= 0.6 is 18.9 Å². The Morgan fingerprint density at radius 2 is 1.95 bits per heavy atom. The molecular weight excluding hydrogens is 563 g/mol. The van der Waals surface area contributed by atoms with E-state index >= 15 is 0 Å². The van der Waals surface area contributed by atoms with Crippen molar-refractivity contribution in [2.75, 3.05) is 13.1 Å². The first-order valence-electron chi connectivity index (χ1n) is 14.0. The fourth-order valence-corrected chi connectivity index (χ4v) is 8.19. The number of carbonyl (C=O) groups excluding carboxylic acids is 3. The molecule has 12 heteroatoms. The third kappa shape index (κ3) is 5.95. The molecule has 6 rings (SSSR count). The fraction of sp³-hybridized carbons (Fsp3) is 0.448. The molecule has 0 spiro atoms. The molecule has 3 N–H and O–H groups in total. The summed E-state index contributed by atoms with van der Waals surface area (Å²) in [4.78, 5) is 67.6. The van der Waals surface area contributed by atoms with Crippen LogP contribution in [0.4, 0.5) is 0 Å².